The minimum absolute atomic E-state index is 0.0313. The van der Waals surface area contributed by atoms with E-state index in [4.69, 9.17) is 20.8 Å². The number of hydrogen-bond donors (Lipinski definition) is 1. The van der Waals surface area contributed by atoms with Gasteiger partial charge >= 0.3 is 5.97 Å². The van der Waals surface area contributed by atoms with E-state index in [1.807, 2.05) is 0 Å². The van der Waals surface area contributed by atoms with Crippen LogP contribution < -0.4 is 10.2 Å². The van der Waals surface area contributed by atoms with Gasteiger partial charge in [0.05, 0.1) is 12.5 Å². The van der Waals surface area contributed by atoms with E-state index in [-0.39, 0.29) is 16.7 Å². The number of fused-ring (bicyclic) bond motifs is 1. The number of para-hydroxylation sites is 1. The Hall–Kier alpha value is -2.79. The van der Waals surface area contributed by atoms with Gasteiger partial charge in [-0.15, -0.1) is 0 Å². The summed E-state index contributed by atoms with van der Waals surface area (Å²) >= 11 is 5.85. The molecule has 0 aliphatic rings. The Morgan fingerprint density at radius 1 is 1.17 bits per heavy atom. The summed E-state index contributed by atoms with van der Waals surface area (Å²) in [5.41, 5.74) is -0.401. The first kappa shape index (κ1) is 15.1. The number of halogens is 1. The van der Waals surface area contributed by atoms with Gasteiger partial charge in [0.2, 0.25) is 5.43 Å². The third-order valence-electron chi connectivity index (χ3n) is 3.42. The molecule has 1 N–H and O–H groups in total. The lowest BCUT2D eigenvalue weighted by Gasteiger charge is -2.09. The van der Waals surface area contributed by atoms with Gasteiger partial charge in [0.1, 0.15) is 0 Å². The summed E-state index contributed by atoms with van der Waals surface area (Å²) in [6.45, 7) is 0. The number of rotatable bonds is 3. The van der Waals surface area contributed by atoms with Gasteiger partial charge in [0.25, 0.3) is 0 Å². The van der Waals surface area contributed by atoms with Crippen LogP contribution >= 0.6 is 11.6 Å². The molecule has 0 bridgehead atoms. The molecule has 116 valence electrons. The monoisotopic (exact) mass is 330 g/mol. The number of methoxy groups -OCH3 is 1. The molecule has 0 radical (unpaired) electrons. The summed E-state index contributed by atoms with van der Waals surface area (Å²) in [4.78, 5) is 24.1. The third kappa shape index (κ3) is 2.55. The van der Waals surface area contributed by atoms with E-state index in [1.165, 1.54) is 13.2 Å². The minimum Gasteiger partial charge on any atom is -0.493 e. The van der Waals surface area contributed by atoms with Gasteiger partial charge in [-0.2, -0.15) is 0 Å². The van der Waals surface area contributed by atoms with E-state index >= 15 is 0 Å². The van der Waals surface area contributed by atoms with Crippen LogP contribution in [-0.4, -0.2) is 18.2 Å². The SMILES string of the molecule is COc1cccc2c(=O)c(C(=O)O)c(-c3ccc(Cl)cc3)oc12. The van der Waals surface area contributed by atoms with Crippen LogP contribution in [0.5, 0.6) is 5.75 Å². The highest BCUT2D eigenvalue weighted by Gasteiger charge is 2.23. The summed E-state index contributed by atoms with van der Waals surface area (Å²) < 4.78 is 10.9. The fourth-order valence-electron chi connectivity index (χ4n) is 2.35. The predicted octanol–water partition coefficient (Wildman–Crippen LogP) is 3.82. The summed E-state index contributed by atoms with van der Waals surface area (Å²) in [6, 6.07) is 11.1. The van der Waals surface area contributed by atoms with Crippen LogP contribution in [0.25, 0.3) is 22.3 Å². The molecular formula is C17H11ClO5. The zero-order chi connectivity index (χ0) is 16.6. The van der Waals surface area contributed by atoms with Crippen molar-refractivity contribution < 1.29 is 19.1 Å². The number of hydrogen-bond acceptors (Lipinski definition) is 4. The molecule has 3 rings (SSSR count). The van der Waals surface area contributed by atoms with E-state index < -0.39 is 17.0 Å². The van der Waals surface area contributed by atoms with Crippen LogP contribution in [0.2, 0.25) is 5.02 Å². The van der Waals surface area contributed by atoms with Crippen molar-refractivity contribution >= 4 is 28.5 Å². The standard InChI is InChI=1S/C17H11ClO5/c1-22-12-4-2-3-11-14(19)13(17(20)21)15(23-16(11)12)9-5-7-10(18)8-6-9/h2-8H,1H3,(H,20,21). The van der Waals surface area contributed by atoms with Crippen LogP contribution in [-0.2, 0) is 0 Å². The fraction of sp³-hybridized carbons (Fsp3) is 0.0588. The highest BCUT2D eigenvalue weighted by atomic mass is 35.5. The molecule has 0 fully saturated rings. The molecule has 0 amide bonds. The van der Waals surface area contributed by atoms with Crippen LogP contribution in [0, 0.1) is 0 Å². The van der Waals surface area contributed by atoms with Gasteiger partial charge in [-0.05, 0) is 36.4 Å². The molecule has 0 aliphatic heterocycles. The average Bonchev–Trinajstić information content (AvgIpc) is 2.54. The number of carboxylic acids is 1. The van der Waals surface area contributed by atoms with Crippen LogP contribution in [0.4, 0.5) is 0 Å². The van der Waals surface area contributed by atoms with Gasteiger partial charge in [-0.25, -0.2) is 4.79 Å². The second kappa shape index (κ2) is 5.78. The largest absolute Gasteiger partial charge is 0.493 e. The Balaban J connectivity index is 2.44. The second-order valence-corrected chi connectivity index (χ2v) is 5.22. The van der Waals surface area contributed by atoms with Crippen molar-refractivity contribution in [3.05, 3.63) is 63.3 Å². The van der Waals surface area contributed by atoms with Gasteiger partial charge in [-0.3, -0.25) is 4.79 Å². The van der Waals surface area contributed by atoms with E-state index in [1.54, 1.807) is 36.4 Å². The smallest absolute Gasteiger partial charge is 0.343 e. The summed E-state index contributed by atoms with van der Waals surface area (Å²) in [7, 11) is 1.45. The maximum absolute atomic E-state index is 12.6. The summed E-state index contributed by atoms with van der Waals surface area (Å²) in [5, 5.41) is 10.1. The molecule has 1 aromatic heterocycles. The summed E-state index contributed by atoms with van der Waals surface area (Å²) in [5.74, 6) is -1.03. The van der Waals surface area contributed by atoms with Crippen LogP contribution in [0.1, 0.15) is 10.4 Å². The first-order valence-electron chi connectivity index (χ1n) is 6.66. The zero-order valence-electron chi connectivity index (χ0n) is 12.0. The van der Waals surface area contributed by atoms with Crippen molar-refractivity contribution in [3.63, 3.8) is 0 Å². The van der Waals surface area contributed by atoms with E-state index in [0.717, 1.165) is 0 Å². The van der Waals surface area contributed by atoms with Crippen molar-refractivity contribution in [1.82, 2.24) is 0 Å². The Morgan fingerprint density at radius 2 is 1.87 bits per heavy atom. The number of aromatic carboxylic acids is 1. The molecule has 0 saturated carbocycles. The molecule has 0 saturated heterocycles. The zero-order valence-corrected chi connectivity index (χ0v) is 12.8. The van der Waals surface area contributed by atoms with Gasteiger partial charge < -0.3 is 14.3 Å². The van der Waals surface area contributed by atoms with Crippen molar-refractivity contribution in [1.29, 1.82) is 0 Å². The minimum atomic E-state index is -1.35. The molecular weight excluding hydrogens is 320 g/mol. The maximum atomic E-state index is 12.6. The van der Waals surface area contributed by atoms with Gasteiger partial charge in [-0.1, -0.05) is 17.7 Å². The van der Waals surface area contributed by atoms with Crippen molar-refractivity contribution in [2.45, 2.75) is 0 Å². The van der Waals surface area contributed by atoms with Crippen molar-refractivity contribution in [2.75, 3.05) is 7.11 Å². The topological polar surface area (TPSA) is 76.7 Å². The normalized spacial score (nSPS) is 10.7. The number of benzene rings is 2. The Kier molecular flexibility index (Phi) is 3.80. The maximum Gasteiger partial charge on any atom is 0.343 e. The molecule has 0 aliphatic carbocycles. The second-order valence-electron chi connectivity index (χ2n) is 4.78. The third-order valence-corrected chi connectivity index (χ3v) is 3.67. The lowest BCUT2D eigenvalue weighted by molar-refractivity contribution is 0.0694. The lowest BCUT2D eigenvalue weighted by Crippen LogP contribution is -2.16. The molecule has 0 spiro atoms. The Labute approximate surface area is 135 Å². The van der Waals surface area contributed by atoms with E-state index in [2.05, 4.69) is 0 Å². The van der Waals surface area contributed by atoms with Crippen molar-refractivity contribution in [3.8, 4) is 17.1 Å². The van der Waals surface area contributed by atoms with Crippen molar-refractivity contribution in [2.24, 2.45) is 0 Å². The molecule has 6 heteroatoms. The van der Waals surface area contributed by atoms with Gasteiger partial charge in [0.15, 0.2) is 22.7 Å². The van der Waals surface area contributed by atoms with Crippen LogP contribution in [0.15, 0.2) is 51.7 Å². The number of ether oxygens (including phenoxy) is 1. The predicted molar refractivity (Wildman–Crippen MR) is 86.4 cm³/mol. The summed E-state index contributed by atoms with van der Waals surface area (Å²) in [6.07, 6.45) is 0. The number of carbonyl (C=O) groups is 1. The average molecular weight is 331 g/mol. The molecule has 23 heavy (non-hydrogen) atoms. The first-order chi connectivity index (χ1) is 11.0. The van der Waals surface area contributed by atoms with E-state index in [9.17, 15) is 14.7 Å². The molecule has 0 unspecified atom stereocenters. The molecule has 0 atom stereocenters. The number of carboxylic acid groups (broad SMARTS) is 1. The van der Waals surface area contributed by atoms with E-state index in [0.29, 0.717) is 16.3 Å². The first-order valence-corrected chi connectivity index (χ1v) is 7.03. The Morgan fingerprint density at radius 3 is 2.48 bits per heavy atom. The molecule has 2 aromatic carbocycles. The lowest BCUT2D eigenvalue weighted by atomic mass is 10.0. The molecule has 5 nitrogen and oxygen atoms in total. The highest BCUT2D eigenvalue weighted by molar-refractivity contribution is 6.30. The molecule has 3 aromatic rings. The van der Waals surface area contributed by atoms with Crippen LogP contribution in [0.3, 0.4) is 0 Å². The highest BCUT2D eigenvalue weighted by Crippen LogP contribution is 2.31. The Bertz CT molecular complexity index is 957. The van der Waals surface area contributed by atoms with Gasteiger partial charge in [0, 0.05) is 10.6 Å². The molecule has 1 heterocycles. The quantitative estimate of drug-likeness (QED) is 0.790. The fourth-order valence-corrected chi connectivity index (χ4v) is 2.48.